The molecule has 0 atom stereocenters. The second-order valence-electron chi connectivity index (χ2n) is 5.04. The van der Waals surface area contributed by atoms with E-state index in [4.69, 9.17) is 9.47 Å². The predicted molar refractivity (Wildman–Crippen MR) is 64.8 cm³/mol. The first-order valence-corrected chi connectivity index (χ1v) is 5.98. The third-order valence-electron chi connectivity index (χ3n) is 2.15. The van der Waals surface area contributed by atoms with E-state index in [1.165, 1.54) is 0 Å². The van der Waals surface area contributed by atoms with Crippen LogP contribution in [0.15, 0.2) is 0 Å². The van der Waals surface area contributed by atoms with E-state index in [1.807, 2.05) is 19.2 Å². The molecule has 0 rings (SSSR count). The number of amides is 1. The molecule has 0 radical (unpaired) electrons. The lowest BCUT2D eigenvalue weighted by atomic mass is 10.1. The maximum Gasteiger partial charge on any atom is 0.397 e. The van der Waals surface area contributed by atoms with Crippen LogP contribution in [0.2, 0.25) is 0 Å². The van der Waals surface area contributed by atoms with Gasteiger partial charge in [0.25, 0.3) is 0 Å². The number of carbonyl (C=O) groups is 1. The number of halogens is 1. The van der Waals surface area contributed by atoms with Crippen molar-refractivity contribution >= 4 is 6.16 Å². The maximum absolute atomic E-state index is 11.8. The Labute approximate surface area is 103 Å². The molecule has 0 saturated carbocycles. The standard InChI is InChI=1S/C12H24FNO3/c1-10(2)5-7-17-12(3,4)9-16-8-6-14-11(13)15/h10H,5-9H2,1-4H3,(H,14,15). The first-order chi connectivity index (χ1) is 7.83. The lowest BCUT2D eigenvalue weighted by Gasteiger charge is -2.25. The first kappa shape index (κ1) is 16.3. The van der Waals surface area contributed by atoms with Gasteiger partial charge < -0.3 is 14.8 Å². The van der Waals surface area contributed by atoms with Crippen LogP contribution in [0.25, 0.3) is 0 Å². The summed E-state index contributed by atoms with van der Waals surface area (Å²) in [6.07, 6.45) is -0.512. The van der Waals surface area contributed by atoms with E-state index in [0.29, 0.717) is 19.1 Å². The Balaban J connectivity index is 3.53. The van der Waals surface area contributed by atoms with E-state index in [0.717, 1.165) is 6.42 Å². The normalized spacial score (nSPS) is 11.9. The molecule has 0 aliphatic rings. The monoisotopic (exact) mass is 249 g/mol. The summed E-state index contributed by atoms with van der Waals surface area (Å²) in [7, 11) is 0. The Bertz CT molecular complexity index is 220. The summed E-state index contributed by atoms with van der Waals surface area (Å²) >= 11 is 0. The Morgan fingerprint density at radius 3 is 2.53 bits per heavy atom. The van der Waals surface area contributed by atoms with E-state index in [9.17, 15) is 9.18 Å². The maximum atomic E-state index is 11.8. The molecule has 0 saturated heterocycles. The number of hydrogen-bond donors (Lipinski definition) is 1. The number of rotatable bonds is 9. The molecule has 0 bridgehead atoms. The third kappa shape index (κ3) is 11.6. The van der Waals surface area contributed by atoms with Crippen molar-refractivity contribution in [3.8, 4) is 0 Å². The molecule has 0 spiro atoms. The quantitative estimate of drug-likeness (QED) is 0.388. The van der Waals surface area contributed by atoms with Crippen LogP contribution in [0.4, 0.5) is 9.18 Å². The van der Waals surface area contributed by atoms with Gasteiger partial charge in [-0.2, -0.15) is 0 Å². The van der Waals surface area contributed by atoms with Gasteiger partial charge in [0.2, 0.25) is 0 Å². The second kappa shape index (κ2) is 8.42. The molecule has 0 aromatic rings. The van der Waals surface area contributed by atoms with Gasteiger partial charge in [0.05, 0.1) is 18.8 Å². The summed E-state index contributed by atoms with van der Waals surface area (Å²) in [5.41, 5.74) is -0.353. The smallest absolute Gasteiger partial charge is 0.377 e. The highest BCUT2D eigenvalue weighted by atomic mass is 19.1. The molecule has 0 aliphatic heterocycles. The average Bonchev–Trinajstić information content (AvgIpc) is 2.15. The van der Waals surface area contributed by atoms with Crippen LogP contribution in [0.3, 0.4) is 0 Å². The molecule has 1 amide bonds. The number of hydrogen-bond acceptors (Lipinski definition) is 3. The lowest BCUT2D eigenvalue weighted by molar-refractivity contribution is -0.0766. The highest BCUT2D eigenvalue weighted by Gasteiger charge is 2.18. The van der Waals surface area contributed by atoms with Gasteiger partial charge in [-0.15, -0.1) is 4.39 Å². The summed E-state index contributed by atoms with van der Waals surface area (Å²) < 4.78 is 22.8. The Kier molecular flexibility index (Phi) is 8.08. The van der Waals surface area contributed by atoms with Gasteiger partial charge in [-0.1, -0.05) is 13.8 Å². The van der Waals surface area contributed by atoms with E-state index in [2.05, 4.69) is 13.8 Å². The van der Waals surface area contributed by atoms with Crippen LogP contribution >= 0.6 is 0 Å². The van der Waals surface area contributed by atoms with Gasteiger partial charge in [0.1, 0.15) is 0 Å². The average molecular weight is 249 g/mol. The molecular formula is C12H24FNO3. The summed E-state index contributed by atoms with van der Waals surface area (Å²) in [5.74, 6) is 0.617. The van der Waals surface area contributed by atoms with Crippen LogP contribution in [0, 0.1) is 5.92 Å². The van der Waals surface area contributed by atoms with E-state index in [1.54, 1.807) is 0 Å². The van der Waals surface area contributed by atoms with Crippen molar-refractivity contribution in [2.45, 2.75) is 39.7 Å². The van der Waals surface area contributed by atoms with Gasteiger partial charge in [-0.25, -0.2) is 4.79 Å². The van der Waals surface area contributed by atoms with Crippen molar-refractivity contribution in [1.29, 1.82) is 0 Å². The molecule has 1 N–H and O–H groups in total. The van der Waals surface area contributed by atoms with Crippen LogP contribution < -0.4 is 5.32 Å². The van der Waals surface area contributed by atoms with Gasteiger partial charge in [0, 0.05) is 13.2 Å². The van der Waals surface area contributed by atoms with Crippen molar-refractivity contribution < 1.29 is 18.7 Å². The zero-order valence-corrected chi connectivity index (χ0v) is 11.2. The minimum Gasteiger partial charge on any atom is -0.377 e. The van der Waals surface area contributed by atoms with Gasteiger partial charge >= 0.3 is 6.16 Å². The molecule has 0 aromatic carbocycles. The summed E-state index contributed by atoms with van der Waals surface area (Å²) in [6.45, 7) is 9.77. The Hall–Kier alpha value is -0.680. The minimum atomic E-state index is -1.53. The fraction of sp³-hybridized carbons (Fsp3) is 0.917. The third-order valence-corrected chi connectivity index (χ3v) is 2.15. The molecule has 0 fully saturated rings. The van der Waals surface area contributed by atoms with E-state index in [-0.39, 0.29) is 18.8 Å². The highest BCUT2D eigenvalue weighted by molar-refractivity contribution is 5.65. The molecule has 5 heteroatoms. The van der Waals surface area contributed by atoms with E-state index < -0.39 is 6.16 Å². The van der Waals surface area contributed by atoms with Crippen LogP contribution in [-0.4, -0.2) is 38.1 Å². The largest absolute Gasteiger partial charge is 0.397 e. The molecular weight excluding hydrogens is 225 g/mol. The highest BCUT2D eigenvalue weighted by Crippen LogP contribution is 2.11. The first-order valence-electron chi connectivity index (χ1n) is 5.98. The molecule has 0 unspecified atom stereocenters. The zero-order valence-electron chi connectivity index (χ0n) is 11.2. The molecule has 0 heterocycles. The van der Waals surface area contributed by atoms with Gasteiger partial charge in [0.15, 0.2) is 0 Å². The molecule has 17 heavy (non-hydrogen) atoms. The van der Waals surface area contributed by atoms with Gasteiger partial charge in [-0.3, -0.25) is 0 Å². The Morgan fingerprint density at radius 1 is 1.35 bits per heavy atom. The number of carbonyl (C=O) groups excluding carboxylic acids is 1. The Morgan fingerprint density at radius 2 is 2.00 bits per heavy atom. The molecule has 0 aromatic heterocycles. The minimum absolute atomic E-state index is 0.178. The number of ether oxygens (including phenoxy) is 2. The lowest BCUT2D eigenvalue weighted by Crippen LogP contribution is -2.33. The zero-order chi connectivity index (χ0) is 13.3. The summed E-state index contributed by atoms with van der Waals surface area (Å²) in [5, 5.41) is 2.02. The van der Waals surface area contributed by atoms with Crippen molar-refractivity contribution in [3.05, 3.63) is 0 Å². The van der Waals surface area contributed by atoms with Crippen LogP contribution in [0.5, 0.6) is 0 Å². The van der Waals surface area contributed by atoms with E-state index >= 15 is 0 Å². The summed E-state index contributed by atoms with van der Waals surface area (Å²) in [6, 6.07) is 0. The fourth-order valence-electron chi connectivity index (χ4n) is 1.15. The van der Waals surface area contributed by atoms with Crippen molar-refractivity contribution in [2.75, 3.05) is 26.4 Å². The second-order valence-corrected chi connectivity index (χ2v) is 5.04. The molecule has 0 aliphatic carbocycles. The number of nitrogens with one attached hydrogen (secondary N) is 1. The van der Waals surface area contributed by atoms with Crippen LogP contribution in [0.1, 0.15) is 34.1 Å². The van der Waals surface area contributed by atoms with Crippen molar-refractivity contribution in [3.63, 3.8) is 0 Å². The molecule has 102 valence electrons. The van der Waals surface area contributed by atoms with Crippen molar-refractivity contribution in [1.82, 2.24) is 5.32 Å². The summed E-state index contributed by atoms with van der Waals surface area (Å²) in [4.78, 5) is 9.95. The van der Waals surface area contributed by atoms with Gasteiger partial charge in [-0.05, 0) is 26.2 Å². The fourth-order valence-corrected chi connectivity index (χ4v) is 1.15. The topological polar surface area (TPSA) is 47.6 Å². The predicted octanol–water partition coefficient (Wildman–Crippen LogP) is 2.52. The SMILES string of the molecule is CC(C)CCOC(C)(C)COCCNC(=O)F. The van der Waals surface area contributed by atoms with Crippen LogP contribution in [-0.2, 0) is 9.47 Å². The molecule has 4 nitrogen and oxygen atoms in total. The van der Waals surface area contributed by atoms with Crippen molar-refractivity contribution in [2.24, 2.45) is 5.92 Å².